The maximum Gasteiger partial charge on any atom is 0.272 e. The predicted molar refractivity (Wildman–Crippen MR) is 124 cm³/mol. The van der Waals surface area contributed by atoms with E-state index in [0.29, 0.717) is 21.2 Å². The van der Waals surface area contributed by atoms with Gasteiger partial charge < -0.3 is 0 Å². The van der Waals surface area contributed by atoms with Crippen molar-refractivity contribution >= 4 is 46.4 Å². The van der Waals surface area contributed by atoms with Crippen molar-refractivity contribution in [3.8, 4) is 0 Å². The van der Waals surface area contributed by atoms with Crippen LogP contribution in [0.5, 0.6) is 0 Å². The Balaban J connectivity index is 1.88. The van der Waals surface area contributed by atoms with Gasteiger partial charge in [-0.05, 0) is 67.8 Å². The minimum absolute atomic E-state index is 0.309. The van der Waals surface area contributed by atoms with Crippen LogP contribution < -0.4 is 4.90 Å². The van der Waals surface area contributed by atoms with Crippen molar-refractivity contribution in [2.24, 2.45) is 0 Å². The predicted octanol–water partition coefficient (Wildman–Crippen LogP) is 6.34. The van der Waals surface area contributed by atoms with Gasteiger partial charge in [0.1, 0.15) is 0 Å². The number of anilines is 1. The molecule has 1 heterocycles. The highest BCUT2D eigenvalue weighted by Crippen LogP contribution is 2.43. The van der Waals surface area contributed by atoms with E-state index in [1.807, 2.05) is 69.3 Å². The fourth-order valence-electron chi connectivity index (χ4n) is 3.63. The molecule has 0 saturated carbocycles. The normalized spacial score (nSPS) is 14.1. The number of carbonyl (C=O) groups is 2. The Hall–Kier alpha value is -2.82. The zero-order valence-electron chi connectivity index (χ0n) is 16.9. The lowest BCUT2D eigenvalue weighted by molar-refractivity contribution is -0.119. The van der Waals surface area contributed by atoms with Crippen molar-refractivity contribution in [1.82, 2.24) is 0 Å². The summed E-state index contributed by atoms with van der Waals surface area (Å²) < 4.78 is 0. The van der Waals surface area contributed by atoms with Gasteiger partial charge in [0.15, 0.2) is 0 Å². The van der Waals surface area contributed by atoms with Gasteiger partial charge in [-0.15, -0.1) is 0 Å². The van der Waals surface area contributed by atoms with Gasteiger partial charge in [-0.1, -0.05) is 65.3 Å². The van der Waals surface area contributed by atoms with Crippen LogP contribution in [0.15, 0.2) is 76.5 Å². The van der Waals surface area contributed by atoms with Crippen LogP contribution in [0.2, 0.25) is 5.02 Å². The zero-order valence-corrected chi connectivity index (χ0v) is 18.5. The van der Waals surface area contributed by atoms with Crippen molar-refractivity contribution in [2.45, 2.75) is 25.7 Å². The number of benzene rings is 3. The van der Waals surface area contributed by atoms with Crippen molar-refractivity contribution in [3.63, 3.8) is 0 Å². The molecule has 1 aliphatic rings. The highest BCUT2D eigenvalue weighted by molar-refractivity contribution is 8.04. The van der Waals surface area contributed by atoms with Crippen LogP contribution >= 0.6 is 23.4 Å². The monoisotopic (exact) mass is 433 g/mol. The van der Waals surface area contributed by atoms with Crippen molar-refractivity contribution in [2.75, 3.05) is 4.90 Å². The smallest absolute Gasteiger partial charge is 0.268 e. The molecule has 0 aliphatic carbocycles. The van der Waals surface area contributed by atoms with Crippen LogP contribution in [-0.2, 0) is 9.59 Å². The van der Waals surface area contributed by atoms with E-state index in [1.54, 1.807) is 18.2 Å². The molecule has 3 aromatic carbocycles. The van der Waals surface area contributed by atoms with Gasteiger partial charge in [0.05, 0.1) is 16.2 Å². The van der Waals surface area contributed by atoms with Gasteiger partial charge in [-0.25, -0.2) is 4.90 Å². The number of rotatable bonds is 4. The van der Waals surface area contributed by atoms with Crippen LogP contribution in [-0.4, -0.2) is 11.8 Å². The van der Waals surface area contributed by atoms with Crippen LogP contribution in [0.4, 0.5) is 5.69 Å². The maximum absolute atomic E-state index is 13.6. The number of amides is 2. The van der Waals surface area contributed by atoms with Gasteiger partial charge >= 0.3 is 0 Å². The van der Waals surface area contributed by atoms with E-state index in [1.165, 1.54) is 16.7 Å². The summed E-state index contributed by atoms with van der Waals surface area (Å²) in [5.41, 5.74) is 4.63. The first-order chi connectivity index (χ1) is 14.4. The molecule has 3 nitrogen and oxygen atoms in total. The van der Waals surface area contributed by atoms with Crippen LogP contribution in [0, 0.1) is 20.8 Å². The molecular weight excluding hydrogens is 414 g/mol. The zero-order chi connectivity index (χ0) is 21.4. The number of hydrogen-bond donors (Lipinski definition) is 0. The molecule has 30 heavy (non-hydrogen) atoms. The largest absolute Gasteiger partial charge is 0.272 e. The number of nitrogens with zero attached hydrogens (tertiary/aromatic N) is 1. The summed E-state index contributed by atoms with van der Waals surface area (Å²) in [6.07, 6.45) is 0. The minimum atomic E-state index is -0.311. The number of carbonyl (C=O) groups excluding carboxylic acids is 2. The lowest BCUT2D eigenvalue weighted by Gasteiger charge is -2.18. The Morgan fingerprint density at radius 3 is 2.20 bits per heavy atom. The Labute approximate surface area is 185 Å². The van der Waals surface area contributed by atoms with Gasteiger partial charge in [-0.2, -0.15) is 0 Å². The fraction of sp³-hybridized carbons (Fsp3) is 0.120. The molecule has 0 fully saturated rings. The van der Waals surface area contributed by atoms with E-state index >= 15 is 0 Å². The topological polar surface area (TPSA) is 37.4 Å². The lowest BCUT2D eigenvalue weighted by Crippen LogP contribution is -2.32. The SMILES string of the molecule is Cc1ccc(C2=C(Sc3ccccc3)C(=O)N(c3ccc(Cl)cc3C)C2=O)c(C)c1. The lowest BCUT2D eigenvalue weighted by atomic mass is 9.98. The summed E-state index contributed by atoms with van der Waals surface area (Å²) in [6, 6.07) is 20.7. The molecule has 3 aromatic rings. The quantitative estimate of drug-likeness (QED) is 0.450. The summed E-state index contributed by atoms with van der Waals surface area (Å²) in [7, 11) is 0. The molecule has 0 N–H and O–H groups in total. The second-order valence-corrected chi connectivity index (χ2v) is 8.83. The van der Waals surface area contributed by atoms with Gasteiger partial charge in [0.2, 0.25) is 0 Å². The molecule has 0 radical (unpaired) electrons. The van der Waals surface area contributed by atoms with E-state index in [2.05, 4.69) is 0 Å². The fourth-order valence-corrected chi connectivity index (χ4v) is 4.86. The molecule has 0 aromatic heterocycles. The van der Waals surface area contributed by atoms with Crippen LogP contribution in [0.3, 0.4) is 0 Å². The molecule has 0 unspecified atom stereocenters. The van der Waals surface area contributed by atoms with Crippen molar-refractivity contribution in [3.05, 3.63) is 98.9 Å². The Morgan fingerprint density at radius 2 is 1.53 bits per heavy atom. The summed E-state index contributed by atoms with van der Waals surface area (Å²) in [6.45, 7) is 5.82. The molecule has 0 saturated heterocycles. The minimum Gasteiger partial charge on any atom is -0.268 e. The van der Waals surface area contributed by atoms with Gasteiger partial charge in [-0.3, -0.25) is 9.59 Å². The summed E-state index contributed by atoms with van der Waals surface area (Å²) in [5, 5.41) is 0.566. The van der Waals surface area contributed by atoms with Gasteiger partial charge in [0.25, 0.3) is 11.8 Å². The standard InChI is InChI=1S/C25H20ClNO2S/c1-15-9-11-20(16(2)13-15)22-23(30-19-7-5-4-6-8-19)25(29)27(24(22)28)21-12-10-18(26)14-17(21)3/h4-14H,1-3H3. The summed E-state index contributed by atoms with van der Waals surface area (Å²) in [4.78, 5) is 29.7. The highest BCUT2D eigenvalue weighted by atomic mass is 35.5. The van der Waals surface area contributed by atoms with Crippen LogP contribution in [0.1, 0.15) is 22.3 Å². The summed E-state index contributed by atoms with van der Waals surface area (Å²) >= 11 is 7.42. The molecule has 0 atom stereocenters. The van der Waals surface area contributed by atoms with E-state index < -0.39 is 0 Å². The maximum atomic E-state index is 13.6. The Morgan fingerprint density at radius 1 is 0.800 bits per heavy atom. The third-order valence-electron chi connectivity index (χ3n) is 5.06. The molecule has 1 aliphatic heterocycles. The average Bonchev–Trinajstić information content (AvgIpc) is 2.93. The van der Waals surface area contributed by atoms with Gasteiger partial charge in [0, 0.05) is 9.92 Å². The number of thioether (sulfide) groups is 1. The van der Waals surface area contributed by atoms with Crippen molar-refractivity contribution in [1.29, 1.82) is 0 Å². The number of halogens is 1. The molecular formula is C25H20ClNO2S. The van der Waals surface area contributed by atoms with Crippen LogP contribution in [0.25, 0.3) is 5.57 Å². The van der Waals surface area contributed by atoms with E-state index in [9.17, 15) is 9.59 Å². The first kappa shape index (κ1) is 20.5. The molecule has 4 rings (SSSR count). The Bertz CT molecular complexity index is 1200. The van der Waals surface area contributed by atoms with E-state index in [0.717, 1.165) is 27.1 Å². The number of hydrogen-bond acceptors (Lipinski definition) is 3. The van der Waals surface area contributed by atoms with E-state index in [-0.39, 0.29) is 11.8 Å². The highest BCUT2D eigenvalue weighted by Gasteiger charge is 2.41. The average molecular weight is 434 g/mol. The first-order valence-corrected chi connectivity index (χ1v) is 10.8. The Kier molecular flexibility index (Phi) is 5.54. The second-order valence-electron chi connectivity index (χ2n) is 7.31. The first-order valence-electron chi connectivity index (χ1n) is 9.56. The molecule has 2 amide bonds. The molecule has 0 bridgehead atoms. The summed E-state index contributed by atoms with van der Waals surface area (Å²) in [5.74, 6) is -0.620. The number of imide groups is 1. The second kappa shape index (κ2) is 8.13. The molecule has 150 valence electrons. The van der Waals surface area contributed by atoms with E-state index in [4.69, 9.17) is 11.6 Å². The number of aryl methyl sites for hydroxylation is 3. The molecule has 5 heteroatoms. The van der Waals surface area contributed by atoms with Crippen molar-refractivity contribution < 1.29 is 9.59 Å². The third kappa shape index (κ3) is 3.69. The third-order valence-corrected chi connectivity index (χ3v) is 6.38. The molecule has 0 spiro atoms.